The average Bonchev–Trinajstić information content (AvgIpc) is 3.40. The van der Waals surface area contributed by atoms with Gasteiger partial charge in [-0.2, -0.15) is 0 Å². The Morgan fingerprint density at radius 1 is 0.216 bits per heavy atom. The first-order valence-corrected chi connectivity index (χ1v) is 34.0. The van der Waals surface area contributed by atoms with E-state index < -0.39 is 6.10 Å². The van der Waals surface area contributed by atoms with Crippen LogP contribution in [-0.2, 0) is 28.6 Å². The van der Waals surface area contributed by atoms with Crippen molar-refractivity contribution in [3.63, 3.8) is 0 Å². The Labute approximate surface area is 463 Å². The molecule has 440 valence electrons. The molecule has 0 aromatic rings. The first kappa shape index (κ1) is 72.4. The highest BCUT2D eigenvalue weighted by Crippen LogP contribution is 2.19. The first-order valence-electron chi connectivity index (χ1n) is 34.0. The minimum Gasteiger partial charge on any atom is -0.462 e. The topological polar surface area (TPSA) is 78.9 Å². The van der Waals surface area contributed by atoms with Crippen molar-refractivity contribution in [2.45, 2.75) is 406 Å². The van der Waals surface area contributed by atoms with Gasteiger partial charge in [0.25, 0.3) is 0 Å². The van der Waals surface area contributed by atoms with Crippen LogP contribution in [0.2, 0.25) is 0 Å². The Morgan fingerprint density at radius 2 is 0.365 bits per heavy atom. The van der Waals surface area contributed by atoms with Gasteiger partial charge in [0, 0.05) is 19.3 Å². The predicted octanol–water partition coefficient (Wildman–Crippen LogP) is 23.1. The van der Waals surface area contributed by atoms with Crippen LogP contribution in [0.25, 0.3) is 0 Å². The number of hydrogen-bond donors (Lipinski definition) is 0. The Kier molecular flexibility index (Phi) is 62.6. The monoisotopic (exact) mass is 1050 g/mol. The second-order valence-electron chi connectivity index (χ2n) is 23.5. The summed E-state index contributed by atoms with van der Waals surface area (Å²) >= 11 is 0. The number of unbranched alkanes of at least 4 members (excludes halogenated alkanes) is 53. The zero-order valence-corrected chi connectivity index (χ0v) is 50.7. The van der Waals surface area contributed by atoms with Gasteiger partial charge in [-0.1, -0.05) is 361 Å². The maximum absolute atomic E-state index is 12.9. The van der Waals surface area contributed by atoms with Crippen LogP contribution in [0.3, 0.4) is 0 Å². The normalized spacial score (nSPS) is 11.9. The number of esters is 3. The molecular formula is C68H132O6. The predicted molar refractivity (Wildman–Crippen MR) is 321 cm³/mol. The fraction of sp³-hybridized carbons (Fsp3) is 0.956. The zero-order valence-electron chi connectivity index (χ0n) is 50.7. The SMILES string of the molecule is CCCCCCCCCCCCCCCCCCCCCCCC(=O)OCC(COC(=O)CCCCCCCCCCCCCCCCCCC)OC(=O)CCCCCCCCCCCCCCCCCCCC. The van der Waals surface area contributed by atoms with Crippen molar-refractivity contribution in [1.82, 2.24) is 0 Å². The van der Waals surface area contributed by atoms with Crippen molar-refractivity contribution in [1.29, 1.82) is 0 Å². The smallest absolute Gasteiger partial charge is 0.306 e. The number of carbonyl (C=O) groups is 3. The van der Waals surface area contributed by atoms with Gasteiger partial charge in [-0.15, -0.1) is 0 Å². The van der Waals surface area contributed by atoms with E-state index >= 15 is 0 Å². The third-order valence-electron chi connectivity index (χ3n) is 15.9. The van der Waals surface area contributed by atoms with E-state index in [0.29, 0.717) is 19.3 Å². The minimum atomic E-state index is -0.763. The van der Waals surface area contributed by atoms with Crippen LogP contribution in [0.15, 0.2) is 0 Å². The molecule has 0 aromatic heterocycles. The van der Waals surface area contributed by atoms with Crippen LogP contribution < -0.4 is 0 Å². The molecule has 1 atom stereocenters. The largest absolute Gasteiger partial charge is 0.462 e. The highest BCUT2D eigenvalue weighted by molar-refractivity contribution is 5.71. The molecule has 1 unspecified atom stereocenters. The fourth-order valence-corrected chi connectivity index (χ4v) is 10.7. The van der Waals surface area contributed by atoms with Gasteiger partial charge in [-0.3, -0.25) is 14.4 Å². The number of rotatable bonds is 64. The third kappa shape index (κ3) is 61.3. The lowest BCUT2D eigenvalue weighted by Crippen LogP contribution is -2.30. The highest BCUT2D eigenvalue weighted by Gasteiger charge is 2.19. The molecule has 0 spiro atoms. The Bertz CT molecular complexity index is 1110. The summed E-state index contributed by atoms with van der Waals surface area (Å²) in [5, 5.41) is 0. The number of ether oxygens (including phenoxy) is 3. The van der Waals surface area contributed by atoms with Gasteiger partial charge in [0.1, 0.15) is 13.2 Å². The van der Waals surface area contributed by atoms with Crippen LogP contribution in [0, 0.1) is 0 Å². The van der Waals surface area contributed by atoms with E-state index in [0.717, 1.165) is 57.8 Å². The fourth-order valence-electron chi connectivity index (χ4n) is 10.7. The van der Waals surface area contributed by atoms with Gasteiger partial charge >= 0.3 is 17.9 Å². The lowest BCUT2D eigenvalue weighted by molar-refractivity contribution is -0.167. The van der Waals surface area contributed by atoms with Crippen molar-refractivity contribution in [3.8, 4) is 0 Å². The molecule has 0 heterocycles. The zero-order chi connectivity index (χ0) is 53.6. The van der Waals surface area contributed by atoms with E-state index in [2.05, 4.69) is 20.8 Å². The summed E-state index contributed by atoms with van der Waals surface area (Å²) < 4.78 is 17.0. The molecule has 0 radical (unpaired) electrons. The first-order chi connectivity index (χ1) is 36.5. The summed E-state index contributed by atoms with van der Waals surface area (Å²) in [6, 6.07) is 0. The van der Waals surface area contributed by atoms with Crippen molar-refractivity contribution < 1.29 is 28.6 Å². The molecule has 0 rings (SSSR count). The molecule has 0 aliphatic rings. The van der Waals surface area contributed by atoms with Crippen LogP contribution in [0.1, 0.15) is 400 Å². The molecule has 6 heteroatoms. The molecule has 0 amide bonds. The van der Waals surface area contributed by atoms with Crippen molar-refractivity contribution in [3.05, 3.63) is 0 Å². The van der Waals surface area contributed by atoms with Gasteiger partial charge < -0.3 is 14.2 Å². The molecule has 0 saturated heterocycles. The summed E-state index contributed by atoms with van der Waals surface area (Å²) in [5.41, 5.74) is 0. The molecule has 0 fully saturated rings. The number of hydrogen-bond acceptors (Lipinski definition) is 6. The van der Waals surface area contributed by atoms with Gasteiger partial charge in [0.2, 0.25) is 0 Å². The molecule has 0 aliphatic heterocycles. The Hall–Kier alpha value is -1.59. The molecule has 0 aromatic carbocycles. The quantitative estimate of drug-likeness (QED) is 0.0343. The summed E-state index contributed by atoms with van der Waals surface area (Å²) in [4.78, 5) is 38.4. The molecular weight excluding hydrogens is 913 g/mol. The molecule has 0 aliphatic carbocycles. The van der Waals surface area contributed by atoms with E-state index in [1.54, 1.807) is 0 Å². The van der Waals surface area contributed by atoms with Gasteiger partial charge in [0.05, 0.1) is 0 Å². The molecule has 0 bridgehead atoms. The second-order valence-corrected chi connectivity index (χ2v) is 23.5. The highest BCUT2D eigenvalue weighted by atomic mass is 16.6. The molecule has 0 N–H and O–H groups in total. The van der Waals surface area contributed by atoms with Crippen molar-refractivity contribution in [2.24, 2.45) is 0 Å². The molecule has 6 nitrogen and oxygen atoms in total. The molecule has 0 saturated carbocycles. The van der Waals surface area contributed by atoms with Gasteiger partial charge in [0.15, 0.2) is 6.10 Å². The Balaban J connectivity index is 4.26. The van der Waals surface area contributed by atoms with Crippen LogP contribution in [0.5, 0.6) is 0 Å². The van der Waals surface area contributed by atoms with Crippen LogP contribution in [-0.4, -0.2) is 37.2 Å². The van der Waals surface area contributed by atoms with E-state index in [1.807, 2.05) is 0 Å². The van der Waals surface area contributed by atoms with Crippen LogP contribution in [0.4, 0.5) is 0 Å². The average molecular weight is 1050 g/mol. The second kappa shape index (κ2) is 63.9. The van der Waals surface area contributed by atoms with Crippen molar-refractivity contribution in [2.75, 3.05) is 13.2 Å². The van der Waals surface area contributed by atoms with Crippen molar-refractivity contribution >= 4 is 17.9 Å². The molecule has 74 heavy (non-hydrogen) atoms. The lowest BCUT2D eigenvalue weighted by atomic mass is 10.0. The maximum Gasteiger partial charge on any atom is 0.306 e. The summed E-state index contributed by atoms with van der Waals surface area (Å²) in [6.45, 7) is 6.74. The third-order valence-corrected chi connectivity index (χ3v) is 15.9. The number of carbonyl (C=O) groups excluding carboxylic acids is 3. The minimum absolute atomic E-state index is 0.0602. The Morgan fingerprint density at radius 3 is 0.541 bits per heavy atom. The van der Waals surface area contributed by atoms with E-state index in [4.69, 9.17) is 14.2 Å². The lowest BCUT2D eigenvalue weighted by Gasteiger charge is -2.18. The summed E-state index contributed by atoms with van der Waals surface area (Å²) in [6.07, 6.45) is 74.0. The van der Waals surface area contributed by atoms with E-state index in [9.17, 15) is 14.4 Å². The standard InChI is InChI=1S/C68H132O6/c1-4-7-10-13-16-19-22-25-28-31-33-34-35-38-40-43-46-49-52-55-58-61-67(70)73-64-65(63-72-66(69)60-57-54-51-48-45-42-39-36-30-27-24-21-18-15-12-9-6-3)74-68(71)62-59-56-53-50-47-44-41-37-32-29-26-23-20-17-14-11-8-5-2/h65H,4-64H2,1-3H3. The van der Waals surface area contributed by atoms with Gasteiger partial charge in [-0.05, 0) is 19.3 Å². The maximum atomic E-state index is 12.9. The van der Waals surface area contributed by atoms with E-state index in [-0.39, 0.29) is 31.1 Å². The summed E-state index contributed by atoms with van der Waals surface area (Å²) in [5.74, 6) is -0.820. The van der Waals surface area contributed by atoms with E-state index in [1.165, 1.54) is 302 Å². The van der Waals surface area contributed by atoms with Crippen LogP contribution >= 0.6 is 0 Å². The van der Waals surface area contributed by atoms with Gasteiger partial charge in [-0.25, -0.2) is 0 Å². The summed E-state index contributed by atoms with van der Waals surface area (Å²) in [7, 11) is 0.